The molecule has 104 valence electrons. The van der Waals surface area contributed by atoms with Crippen molar-refractivity contribution in [1.82, 2.24) is 4.90 Å². The van der Waals surface area contributed by atoms with Crippen LogP contribution in [0, 0.1) is 6.92 Å². The first-order valence-electron chi connectivity index (χ1n) is 6.69. The summed E-state index contributed by atoms with van der Waals surface area (Å²) in [4.78, 5) is 27.6. The zero-order valence-electron chi connectivity index (χ0n) is 11.2. The number of piperidine rings is 1. The van der Waals surface area contributed by atoms with Crippen LogP contribution in [0.25, 0.3) is 0 Å². The Morgan fingerprint density at radius 3 is 2.84 bits per heavy atom. The van der Waals surface area contributed by atoms with E-state index >= 15 is 0 Å². The molecule has 1 aromatic rings. The molecule has 1 aliphatic heterocycles. The van der Waals surface area contributed by atoms with Crippen molar-refractivity contribution in [1.29, 1.82) is 0 Å². The van der Waals surface area contributed by atoms with E-state index in [1.807, 2.05) is 24.0 Å². The van der Waals surface area contributed by atoms with Crippen LogP contribution in [0.15, 0.2) is 12.1 Å². The monoisotopic (exact) mass is 280 g/mol. The number of amides is 2. The molecule has 2 amide bonds. The number of rotatable bonds is 4. The largest absolute Gasteiger partial charge is 0.370 e. The summed E-state index contributed by atoms with van der Waals surface area (Å²) in [5.74, 6) is -0.204. The molecule has 0 bridgehead atoms. The summed E-state index contributed by atoms with van der Waals surface area (Å²) in [6.07, 6.45) is 3.70. The molecule has 2 heterocycles. The lowest BCUT2D eigenvalue weighted by atomic mass is 9.98. The first-order chi connectivity index (χ1) is 9.06. The molecule has 0 radical (unpaired) electrons. The highest BCUT2D eigenvalue weighted by molar-refractivity contribution is 7.12. The van der Waals surface area contributed by atoms with Crippen molar-refractivity contribution in [2.75, 3.05) is 6.54 Å². The number of carbonyl (C=O) groups is 2. The average molecular weight is 280 g/mol. The van der Waals surface area contributed by atoms with Crippen molar-refractivity contribution in [3.05, 3.63) is 21.9 Å². The van der Waals surface area contributed by atoms with E-state index in [2.05, 4.69) is 0 Å². The Hall–Kier alpha value is -1.36. The van der Waals surface area contributed by atoms with Crippen LogP contribution in [0.5, 0.6) is 0 Å². The number of carbonyl (C=O) groups excluding carboxylic acids is 2. The minimum atomic E-state index is -0.323. The number of primary amides is 1. The second-order valence-corrected chi connectivity index (χ2v) is 6.47. The summed E-state index contributed by atoms with van der Waals surface area (Å²) in [6.45, 7) is 2.79. The van der Waals surface area contributed by atoms with Gasteiger partial charge in [-0.2, -0.15) is 0 Å². The summed E-state index contributed by atoms with van der Waals surface area (Å²) in [7, 11) is 0. The third-order valence-corrected chi connectivity index (χ3v) is 4.51. The van der Waals surface area contributed by atoms with Gasteiger partial charge in [0, 0.05) is 28.8 Å². The average Bonchev–Trinajstić information content (AvgIpc) is 2.74. The van der Waals surface area contributed by atoms with E-state index in [1.54, 1.807) is 11.3 Å². The predicted molar refractivity (Wildman–Crippen MR) is 75.9 cm³/mol. The molecule has 0 spiro atoms. The molecule has 0 unspecified atom stereocenters. The molecule has 0 aliphatic carbocycles. The molecule has 5 heteroatoms. The SMILES string of the molecule is Cc1ccc(CC(=O)N2CCCC[C@H]2CC(N)=O)s1. The van der Waals surface area contributed by atoms with E-state index in [-0.39, 0.29) is 24.3 Å². The van der Waals surface area contributed by atoms with Crippen molar-refractivity contribution in [2.24, 2.45) is 5.73 Å². The third kappa shape index (κ3) is 3.80. The Labute approximate surface area is 117 Å². The van der Waals surface area contributed by atoms with Crippen LogP contribution < -0.4 is 5.73 Å². The van der Waals surface area contributed by atoms with Crippen molar-refractivity contribution >= 4 is 23.2 Å². The van der Waals surface area contributed by atoms with E-state index in [4.69, 9.17) is 5.73 Å². The normalized spacial score (nSPS) is 19.4. The highest BCUT2D eigenvalue weighted by Gasteiger charge is 2.27. The highest BCUT2D eigenvalue weighted by atomic mass is 32.1. The van der Waals surface area contributed by atoms with Crippen LogP contribution in [0.2, 0.25) is 0 Å². The minimum Gasteiger partial charge on any atom is -0.370 e. The molecule has 1 atom stereocenters. The molecular weight excluding hydrogens is 260 g/mol. The molecule has 1 aromatic heterocycles. The predicted octanol–water partition coefficient (Wildman–Crippen LogP) is 1.86. The van der Waals surface area contributed by atoms with Gasteiger partial charge in [-0.1, -0.05) is 0 Å². The standard InChI is InChI=1S/C14H20N2O2S/c1-10-5-6-12(19-10)9-14(18)16-7-3-2-4-11(16)8-13(15)17/h5-6,11H,2-4,7-9H2,1H3,(H2,15,17)/t11-/m0/s1. The minimum absolute atomic E-state index is 0.000177. The lowest BCUT2D eigenvalue weighted by Crippen LogP contribution is -2.46. The van der Waals surface area contributed by atoms with Gasteiger partial charge < -0.3 is 10.6 Å². The number of likely N-dealkylation sites (tertiary alicyclic amines) is 1. The number of nitrogens with zero attached hydrogens (tertiary/aromatic N) is 1. The van der Waals surface area contributed by atoms with Gasteiger partial charge in [-0.05, 0) is 38.3 Å². The van der Waals surface area contributed by atoms with Crippen LogP contribution >= 0.6 is 11.3 Å². The molecule has 2 N–H and O–H groups in total. The number of thiophene rings is 1. The molecule has 0 saturated carbocycles. The number of nitrogens with two attached hydrogens (primary N) is 1. The van der Waals surface area contributed by atoms with E-state index in [0.29, 0.717) is 6.42 Å². The Morgan fingerprint density at radius 2 is 2.21 bits per heavy atom. The van der Waals surface area contributed by atoms with Gasteiger partial charge in [0.1, 0.15) is 0 Å². The van der Waals surface area contributed by atoms with Crippen molar-refractivity contribution in [2.45, 2.75) is 45.1 Å². The molecular formula is C14H20N2O2S. The number of hydrogen-bond donors (Lipinski definition) is 1. The van der Waals surface area contributed by atoms with Gasteiger partial charge >= 0.3 is 0 Å². The van der Waals surface area contributed by atoms with Gasteiger partial charge in [-0.3, -0.25) is 9.59 Å². The van der Waals surface area contributed by atoms with Crippen molar-refractivity contribution in [3.8, 4) is 0 Å². The van der Waals surface area contributed by atoms with Crippen LogP contribution in [0.1, 0.15) is 35.4 Å². The molecule has 1 saturated heterocycles. The zero-order valence-corrected chi connectivity index (χ0v) is 12.0. The highest BCUT2D eigenvalue weighted by Crippen LogP contribution is 2.22. The van der Waals surface area contributed by atoms with Crippen LogP contribution in [-0.4, -0.2) is 29.3 Å². The second-order valence-electron chi connectivity index (χ2n) is 5.10. The third-order valence-electron chi connectivity index (χ3n) is 3.51. The van der Waals surface area contributed by atoms with Gasteiger partial charge in [-0.15, -0.1) is 11.3 Å². The maximum absolute atomic E-state index is 12.3. The van der Waals surface area contributed by atoms with E-state index < -0.39 is 0 Å². The fraction of sp³-hybridized carbons (Fsp3) is 0.571. The van der Waals surface area contributed by atoms with E-state index in [1.165, 1.54) is 4.88 Å². The summed E-state index contributed by atoms with van der Waals surface area (Å²) in [6, 6.07) is 4.04. The van der Waals surface area contributed by atoms with Crippen molar-refractivity contribution < 1.29 is 9.59 Å². The van der Waals surface area contributed by atoms with Gasteiger partial charge in [0.25, 0.3) is 0 Å². The topological polar surface area (TPSA) is 63.4 Å². The quantitative estimate of drug-likeness (QED) is 0.915. The Bertz CT molecular complexity index is 470. The summed E-state index contributed by atoms with van der Waals surface area (Å²) in [5.41, 5.74) is 5.27. The second kappa shape index (κ2) is 6.19. The lowest BCUT2D eigenvalue weighted by molar-refractivity contribution is -0.135. The molecule has 1 fully saturated rings. The molecule has 2 rings (SSSR count). The Kier molecular flexibility index (Phi) is 4.58. The Morgan fingerprint density at radius 1 is 1.42 bits per heavy atom. The van der Waals surface area contributed by atoms with Gasteiger partial charge in [0.15, 0.2) is 0 Å². The van der Waals surface area contributed by atoms with Crippen LogP contribution in [-0.2, 0) is 16.0 Å². The van der Waals surface area contributed by atoms with E-state index in [9.17, 15) is 9.59 Å². The molecule has 19 heavy (non-hydrogen) atoms. The van der Waals surface area contributed by atoms with Gasteiger partial charge in [0.2, 0.25) is 11.8 Å². The zero-order chi connectivity index (χ0) is 13.8. The van der Waals surface area contributed by atoms with Crippen molar-refractivity contribution in [3.63, 3.8) is 0 Å². The maximum atomic E-state index is 12.3. The fourth-order valence-corrected chi connectivity index (χ4v) is 3.49. The number of aryl methyl sites for hydroxylation is 1. The first kappa shape index (κ1) is 14.1. The van der Waals surface area contributed by atoms with Crippen LogP contribution in [0.3, 0.4) is 0 Å². The summed E-state index contributed by atoms with van der Waals surface area (Å²) < 4.78 is 0. The van der Waals surface area contributed by atoms with Gasteiger partial charge in [-0.25, -0.2) is 0 Å². The fourth-order valence-electron chi connectivity index (χ4n) is 2.60. The Balaban J connectivity index is 2.00. The molecule has 0 aromatic carbocycles. The molecule has 1 aliphatic rings. The van der Waals surface area contributed by atoms with E-state index in [0.717, 1.165) is 30.7 Å². The maximum Gasteiger partial charge on any atom is 0.228 e. The lowest BCUT2D eigenvalue weighted by Gasteiger charge is -2.35. The number of hydrogen-bond acceptors (Lipinski definition) is 3. The van der Waals surface area contributed by atoms with Gasteiger partial charge in [0.05, 0.1) is 6.42 Å². The molecule has 4 nitrogen and oxygen atoms in total. The summed E-state index contributed by atoms with van der Waals surface area (Å²) >= 11 is 1.66. The smallest absolute Gasteiger partial charge is 0.228 e. The summed E-state index contributed by atoms with van der Waals surface area (Å²) in [5, 5.41) is 0. The van der Waals surface area contributed by atoms with Crippen LogP contribution in [0.4, 0.5) is 0 Å². The first-order valence-corrected chi connectivity index (χ1v) is 7.51.